The number of allylic oxidation sites excluding steroid dienone is 2. The summed E-state index contributed by atoms with van der Waals surface area (Å²) in [6.45, 7) is 0. The molecule has 0 bridgehead atoms. The number of hydrogen-bond donors (Lipinski definition) is 0. The van der Waals surface area contributed by atoms with E-state index in [1.165, 1.54) is 13.2 Å². The average molecular weight is 227 g/mol. The molecule has 0 amide bonds. The molecule has 0 aliphatic heterocycles. The fourth-order valence-corrected chi connectivity index (χ4v) is 2.05. The van der Waals surface area contributed by atoms with Crippen molar-refractivity contribution >= 4 is 17.2 Å². The fraction of sp³-hybridized carbons (Fsp3) is 0.333. The van der Waals surface area contributed by atoms with Gasteiger partial charge in [0.05, 0.1) is 12.5 Å². The predicted octanol–water partition coefficient (Wildman–Crippen LogP) is 3.62. The van der Waals surface area contributed by atoms with Crippen LogP contribution < -0.4 is 4.74 Å². The monoisotopic (exact) mass is 226 g/mol. The molecule has 0 aromatic heterocycles. The molecule has 1 aromatic rings. The van der Waals surface area contributed by atoms with Gasteiger partial charge < -0.3 is 4.74 Å². The lowest BCUT2D eigenvalue weighted by atomic mass is 10.0. The lowest BCUT2D eigenvalue weighted by Crippen LogP contribution is -1.90. The molecule has 0 spiro atoms. The summed E-state index contributed by atoms with van der Waals surface area (Å²) in [6, 6.07) is 4.91. The molecule has 1 unspecified atom stereocenters. The van der Waals surface area contributed by atoms with Gasteiger partial charge in [0.2, 0.25) is 0 Å². The van der Waals surface area contributed by atoms with E-state index in [9.17, 15) is 4.39 Å². The van der Waals surface area contributed by atoms with Gasteiger partial charge in [-0.1, -0.05) is 6.08 Å². The summed E-state index contributed by atoms with van der Waals surface area (Å²) in [5.74, 6) is 0.295. The highest BCUT2D eigenvalue weighted by molar-refractivity contribution is 6.22. The Morgan fingerprint density at radius 3 is 2.80 bits per heavy atom. The summed E-state index contributed by atoms with van der Waals surface area (Å²) < 4.78 is 18.6. The van der Waals surface area contributed by atoms with Gasteiger partial charge in [-0.05, 0) is 30.5 Å². The largest absolute Gasteiger partial charge is 0.497 e. The first-order chi connectivity index (χ1) is 7.20. The van der Waals surface area contributed by atoms with Gasteiger partial charge in [-0.25, -0.2) is 4.39 Å². The van der Waals surface area contributed by atoms with E-state index in [0.717, 1.165) is 18.4 Å². The highest BCUT2D eigenvalue weighted by atomic mass is 35.5. The van der Waals surface area contributed by atoms with E-state index in [2.05, 4.69) is 0 Å². The van der Waals surface area contributed by atoms with Gasteiger partial charge in [-0.2, -0.15) is 0 Å². The Labute approximate surface area is 93.5 Å². The Morgan fingerprint density at radius 2 is 2.27 bits per heavy atom. The van der Waals surface area contributed by atoms with Crippen molar-refractivity contribution in [2.45, 2.75) is 18.2 Å². The van der Waals surface area contributed by atoms with Crippen LogP contribution in [-0.2, 0) is 0 Å². The second-order valence-corrected chi connectivity index (χ2v) is 4.15. The minimum absolute atomic E-state index is 0.0431. The molecular weight excluding hydrogens is 215 g/mol. The molecule has 80 valence electrons. The Hall–Kier alpha value is -1.02. The summed E-state index contributed by atoms with van der Waals surface area (Å²) in [5.41, 5.74) is 1.63. The van der Waals surface area contributed by atoms with Crippen LogP contribution in [0.15, 0.2) is 24.3 Å². The lowest BCUT2D eigenvalue weighted by molar-refractivity contribution is 0.411. The number of methoxy groups -OCH3 is 1. The Bertz CT molecular complexity index is 401. The molecule has 0 heterocycles. The van der Waals surface area contributed by atoms with Crippen molar-refractivity contribution in [1.82, 2.24) is 0 Å². The van der Waals surface area contributed by atoms with Crippen molar-refractivity contribution in [3.8, 4) is 5.75 Å². The smallest absolute Gasteiger partial charge is 0.134 e. The zero-order chi connectivity index (χ0) is 10.8. The van der Waals surface area contributed by atoms with Gasteiger partial charge in [0.25, 0.3) is 0 Å². The zero-order valence-corrected chi connectivity index (χ0v) is 9.22. The van der Waals surface area contributed by atoms with E-state index in [-0.39, 0.29) is 11.2 Å². The lowest BCUT2D eigenvalue weighted by Gasteiger charge is -2.05. The van der Waals surface area contributed by atoms with Crippen LogP contribution in [0.5, 0.6) is 5.75 Å². The maximum atomic E-state index is 13.7. The van der Waals surface area contributed by atoms with Crippen LogP contribution in [0, 0.1) is 5.82 Å². The minimum atomic E-state index is -0.244. The highest BCUT2D eigenvalue weighted by Gasteiger charge is 2.17. The number of halogens is 2. The van der Waals surface area contributed by atoms with E-state index in [4.69, 9.17) is 16.3 Å². The molecule has 1 nitrogen and oxygen atoms in total. The number of ether oxygens (including phenoxy) is 1. The summed E-state index contributed by atoms with van der Waals surface area (Å²) in [7, 11) is 1.53. The predicted molar refractivity (Wildman–Crippen MR) is 59.8 cm³/mol. The molecule has 0 radical (unpaired) electrons. The van der Waals surface area contributed by atoms with Crippen molar-refractivity contribution < 1.29 is 9.13 Å². The first kappa shape index (κ1) is 10.5. The first-order valence-corrected chi connectivity index (χ1v) is 5.33. The SMILES string of the molecule is COc1ccc(C2=CC(Cl)CC2)c(F)c1. The number of benzene rings is 1. The molecule has 0 N–H and O–H groups in total. The Balaban J connectivity index is 2.33. The van der Waals surface area contributed by atoms with Gasteiger partial charge in [0.15, 0.2) is 0 Å². The van der Waals surface area contributed by atoms with E-state index < -0.39 is 0 Å². The molecule has 3 heteroatoms. The van der Waals surface area contributed by atoms with Crippen LogP contribution in [-0.4, -0.2) is 12.5 Å². The van der Waals surface area contributed by atoms with Crippen LogP contribution in [0.25, 0.3) is 5.57 Å². The normalized spacial score (nSPS) is 20.2. The number of hydrogen-bond acceptors (Lipinski definition) is 1. The molecular formula is C12H12ClFO. The highest BCUT2D eigenvalue weighted by Crippen LogP contribution is 2.32. The van der Waals surface area contributed by atoms with Crippen molar-refractivity contribution in [3.63, 3.8) is 0 Å². The molecule has 15 heavy (non-hydrogen) atoms. The summed E-state index contributed by atoms with van der Waals surface area (Å²) in [5, 5.41) is 0.0431. The third kappa shape index (κ3) is 2.15. The maximum absolute atomic E-state index is 13.7. The standard InChI is InChI=1S/C12H12ClFO/c1-15-10-4-5-11(12(14)7-10)8-2-3-9(13)6-8/h4-7,9H,2-3H2,1H3. The Morgan fingerprint density at radius 1 is 1.47 bits per heavy atom. The van der Waals surface area contributed by atoms with E-state index in [1.807, 2.05) is 6.08 Å². The summed E-state index contributed by atoms with van der Waals surface area (Å²) in [4.78, 5) is 0. The zero-order valence-electron chi connectivity index (χ0n) is 8.47. The maximum Gasteiger partial charge on any atom is 0.134 e. The molecule has 1 atom stereocenters. The third-order valence-corrected chi connectivity index (χ3v) is 2.94. The molecule has 0 fully saturated rings. The second kappa shape index (κ2) is 4.23. The molecule has 0 saturated heterocycles. The van der Waals surface area contributed by atoms with Crippen LogP contribution in [0.3, 0.4) is 0 Å². The summed E-state index contributed by atoms with van der Waals surface area (Å²) >= 11 is 5.94. The van der Waals surface area contributed by atoms with Gasteiger partial charge >= 0.3 is 0 Å². The Kier molecular flexibility index (Phi) is 2.96. The average Bonchev–Trinajstić information content (AvgIpc) is 2.64. The molecule has 1 aliphatic rings. The van der Waals surface area contributed by atoms with Gasteiger partial charge in [0.1, 0.15) is 11.6 Å². The summed E-state index contributed by atoms with van der Waals surface area (Å²) in [6.07, 6.45) is 3.66. The van der Waals surface area contributed by atoms with Crippen LogP contribution in [0.1, 0.15) is 18.4 Å². The molecule has 2 rings (SSSR count). The second-order valence-electron chi connectivity index (χ2n) is 3.59. The van der Waals surface area contributed by atoms with E-state index >= 15 is 0 Å². The van der Waals surface area contributed by atoms with Crippen molar-refractivity contribution in [2.75, 3.05) is 7.11 Å². The van der Waals surface area contributed by atoms with Crippen LogP contribution in [0.4, 0.5) is 4.39 Å². The van der Waals surface area contributed by atoms with Gasteiger partial charge in [-0.3, -0.25) is 0 Å². The van der Waals surface area contributed by atoms with Gasteiger partial charge in [0, 0.05) is 11.6 Å². The van der Waals surface area contributed by atoms with Crippen LogP contribution >= 0.6 is 11.6 Å². The topological polar surface area (TPSA) is 9.23 Å². The van der Waals surface area contributed by atoms with E-state index in [0.29, 0.717) is 11.3 Å². The minimum Gasteiger partial charge on any atom is -0.497 e. The molecule has 1 aliphatic carbocycles. The fourth-order valence-electron chi connectivity index (χ4n) is 1.79. The van der Waals surface area contributed by atoms with Crippen LogP contribution in [0.2, 0.25) is 0 Å². The number of alkyl halides is 1. The first-order valence-electron chi connectivity index (χ1n) is 4.89. The molecule has 0 saturated carbocycles. The van der Waals surface area contributed by atoms with E-state index in [1.54, 1.807) is 12.1 Å². The van der Waals surface area contributed by atoms with Crippen molar-refractivity contribution in [1.29, 1.82) is 0 Å². The van der Waals surface area contributed by atoms with Crippen molar-refractivity contribution in [3.05, 3.63) is 35.7 Å². The molecule has 1 aromatic carbocycles. The third-order valence-electron chi connectivity index (χ3n) is 2.59. The number of rotatable bonds is 2. The van der Waals surface area contributed by atoms with Gasteiger partial charge in [-0.15, -0.1) is 11.6 Å². The van der Waals surface area contributed by atoms with Crippen molar-refractivity contribution in [2.24, 2.45) is 0 Å². The quantitative estimate of drug-likeness (QED) is 0.700.